The molecule has 0 amide bonds. The lowest BCUT2D eigenvalue weighted by molar-refractivity contribution is -0.133. The zero-order valence-electron chi connectivity index (χ0n) is 12.3. The van der Waals surface area contributed by atoms with Gasteiger partial charge in [-0.1, -0.05) is 18.2 Å². The molecule has 0 spiro atoms. The second-order valence-corrected chi connectivity index (χ2v) is 4.44. The number of rotatable bonds is 5. The molecule has 2 aromatic rings. The zero-order valence-corrected chi connectivity index (χ0v) is 12.3. The molecule has 0 aliphatic heterocycles. The van der Waals surface area contributed by atoms with E-state index in [0.717, 1.165) is 5.56 Å². The second kappa shape index (κ2) is 7.14. The Kier molecular flexibility index (Phi) is 4.99. The molecule has 0 fully saturated rings. The Bertz CT molecular complexity index is 719. The summed E-state index contributed by atoms with van der Waals surface area (Å²) in [5, 5.41) is 8.86. The molecule has 0 saturated carbocycles. The van der Waals surface area contributed by atoms with Crippen molar-refractivity contribution in [1.29, 1.82) is 5.26 Å². The van der Waals surface area contributed by atoms with Gasteiger partial charge in [0.25, 0.3) is 0 Å². The topological polar surface area (TPSA) is 68.5 Å². The molecule has 5 heteroatoms. The highest BCUT2D eigenvalue weighted by atomic mass is 16.6. The van der Waals surface area contributed by atoms with Gasteiger partial charge in [0.2, 0.25) is 0 Å². The molecule has 0 unspecified atom stereocenters. The van der Waals surface area contributed by atoms with Gasteiger partial charge < -0.3 is 14.2 Å². The second-order valence-electron chi connectivity index (χ2n) is 4.44. The fourth-order valence-electron chi connectivity index (χ4n) is 1.98. The van der Waals surface area contributed by atoms with Gasteiger partial charge in [-0.05, 0) is 18.2 Å². The number of methoxy groups -OCH3 is 2. The van der Waals surface area contributed by atoms with Crippen molar-refractivity contribution in [2.75, 3.05) is 14.2 Å². The van der Waals surface area contributed by atoms with E-state index in [1.165, 1.54) is 19.2 Å². The summed E-state index contributed by atoms with van der Waals surface area (Å²) >= 11 is 0. The van der Waals surface area contributed by atoms with Crippen LogP contribution in [0.5, 0.6) is 17.2 Å². The summed E-state index contributed by atoms with van der Waals surface area (Å²) in [7, 11) is 3.00. The highest BCUT2D eigenvalue weighted by molar-refractivity contribution is 5.76. The Morgan fingerprint density at radius 2 is 1.77 bits per heavy atom. The number of hydrogen-bond acceptors (Lipinski definition) is 5. The Morgan fingerprint density at radius 3 is 2.45 bits per heavy atom. The minimum atomic E-state index is -0.437. The molecular weight excluding hydrogens is 282 g/mol. The van der Waals surface area contributed by atoms with E-state index in [0.29, 0.717) is 17.1 Å². The van der Waals surface area contributed by atoms with Crippen molar-refractivity contribution < 1.29 is 19.0 Å². The molecule has 0 N–H and O–H groups in total. The standard InChI is InChI=1S/C17H15NO4/c1-20-14-6-4-3-5-13(14)10-17(19)22-15-8-7-12(11-18)9-16(15)21-2/h3-9H,10H2,1-2H3. The van der Waals surface area contributed by atoms with Crippen molar-refractivity contribution in [3.63, 3.8) is 0 Å². The van der Waals surface area contributed by atoms with Crippen LogP contribution in [0.4, 0.5) is 0 Å². The minimum absolute atomic E-state index is 0.0766. The predicted octanol–water partition coefficient (Wildman–Crippen LogP) is 2.72. The molecule has 0 bridgehead atoms. The maximum atomic E-state index is 12.1. The van der Waals surface area contributed by atoms with Gasteiger partial charge >= 0.3 is 5.97 Å². The third kappa shape index (κ3) is 3.55. The first-order valence-electron chi connectivity index (χ1n) is 6.58. The molecule has 0 atom stereocenters. The molecule has 0 heterocycles. The number of hydrogen-bond donors (Lipinski definition) is 0. The molecule has 0 aromatic heterocycles. The van der Waals surface area contributed by atoms with Crippen LogP contribution in [0.3, 0.4) is 0 Å². The normalized spacial score (nSPS) is 9.68. The van der Waals surface area contributed by atoms with Gasteiger partial charge in [0, 0.05) is 11.6 Å². The van der Waals surface area contributed by atoms with Gasteiger partial charge in [-0.25, -0.2) is 0 Å². The molecular formula is C17H15NO4. The molecule has 0 aliphatic rings. The number of para-hydroxylation sites is 1. The molecule has 2 aromatic carbocycles. The lowest BCUT2D eigenvalue weighted by atomic mass is 10.1. The highest BCUT2D eigenvalue weighted by Crippen LogP contribution is 2.28. The van der Waals surface area contributed by atoms with Gasteiger partial charge in [0.15, 0.2) is 11.5 Å². The largest absolute Gasteiger partial charge is 0.496 e. The van der Waals surface area contributed by atoms with Gasteiger partial charge in [0.05, 0.1) is 32.3 Å². The number of carbonyl (C=O) groups is 1. The van der Waals surface area contributed by atoms with E-state index in [1.807, 2.05) is 18.2 Å². The Balaban J connectivity index is 2.14. The quantitative estimate of drug-likeness (QED) is 0.627. The Hall–Kier alpha value is -3.00. The van der Waals surface area contributed by atoms with E-state index in [1.54, 1.807) is 25.3 Å². The van der Waals surface area contributed by atoms with Crippen molar-refractivity contribution >= 4 is 5.97 Å². The molecule has 0 aliphatic carbocycles. The van der Waals surface area contributed by atoms with Crippen molar-refractivity contribution in [3.8, 4) is 23.3 Å². The van der Waals surface area contributed by atoms with E-state index in [2.05, 4.69) is 0 Å². The van der Waals surface area contributed by atoms with Gasteiger partial charge in [-0.3, -0.25) is 4.79 Å². The maximum Gasteiger partial charge on any atom is 0.315 e. The van der Waals surface area contributed by atoms with E-state index < -0.39 is 5.97 Å². The first-order valence-corrected chi connectivity index (χ1v) is 6.58. The van der Waals surface area contributed by atoms with Gasteiger partial charge in [-0.2, -0.15) is 5.26 Å². The summed E-state index contributed by atoms with van der Waals surface area (Å²) in [5.41, 5.74) is 1.17. The number of esters is 1. The predicted molar refractivity (Wildman–Crippen MR) is 80.0 cm³/mol. The highest BCUT2D eigenvalue weighted by Gasteiger charge is 2.13. The summed E-state index contributed by atoms with van der Waals surface area (Å²) in [4.78, 5) is 12.1. The van der Waals surface area contributed by atoms with Crippen LogP contribution in [-0.4, -0.2) is 20.2 Å². The van der Waals surface area contributed by atoms with Crippen LogP contribution in [0.1, 0.15) is 11.1 Å². The summed E-state index contributed by atoms with van der Waals surface area (Å²) in [6, 6.07) is 13.9. The number of nitrogens with zero attached hydrogens (tertiary/aromatic N) is 1. The van der Waals surface area contributed by atoms with Crippen molar-refractivity contribution in [1.82, 2.24) is 0 Å². The summed E-state index contributed by atoms with van der Waals surface area (Å²) < 4.78 is 15.6. The minimum Gasteiger partial charge on any atom is -0.496 e. The van der Waals surface area contributed by atoms with Gasteiger partial charge in [0.1, 0.15) is 5.75 Å². The number of carbonyl (C=O) groups excluding carboxylic acids is 1. The Morgan fingerprint density at radius 1 is 1.05 bits per heavy atom. The van der Waals surface area contributed by atoms with E-state index in [-0.39, 0.29) is 12.2 Å². The van der Waals surface area contributed by atoms with Crippen molar-refractivity contribution in [2.45, 2.75) is 6.42 Å². The zero-order chi connectivity index (χ0) is 15.9. The average Bonchev–Trinajstić information content (AvgIpc) is 2.55. The smallest absolute Gasteiger partial charge is 0.315 e. The van der Waals surface area contributed by atoms with Crippen molar-refractivity contribution in [2.24, 2.45) is 0 Å². The lowest BCUT2D eigenvalue weighted by Gasteiger charge is -2.10. The SMILES string of the molecule is COc1ccccc1CC(=O)Oc1ccc(C#N)cc1OC. The molecule has 2 rings (SSSR count). The van der Waals surface area contributed by atoms with Crippen LogP contribution in [0.25, 0.3) is 0 Å². The first kappa shape index (κ1) is 15.4. The van der Waals surface area contributed by atoms with Crippen LogP contribution in [-0.2, 0) is 11.2 Å². The number of benzene rings is 2. The van der Waals surface area contributed by atoms with Crippen LogP contribution in [0.15, 0.2) is 42.5 Å². The summed E-state index contributed by atoms with van der Waals surface area (Å²) in [5.74, 6) is 0.813. The number of nitriles is 1. The van der Waals surface area contributed by atoms with E-state index in [4.69, 9.17) is 19.5 Å². The molecule has 22 heavy (non-hydrogen) atoms. The summed E-state index contributed by atoms with van der Waals surface area (Å²) in [6.45, 7) is 0. The number of ether oxygens (including phenoxy) is 3. The van der Waals surface area contributed by atoms with Crippen LogP contribution in [0, 0.1) is 11.3 Å². The first-order chi connectivity index (χ1) is 10.7. The molecule has 112 valence electrons. The molecule has 0 saturated heterocycles. The third-order valence-electron chi connectivity index (χ3n) is 3.04. The Labute approximate surface area is 128 Å². The van der Waals surface area contributed by atoms with Crippen LogP contribution < -0.4 is 14.2 Å². The average molecular weight is 297 g/mol. The van der Waals surface area contributed by atoms with Gasteiger partial charge in [-0.15, -0.1) is 0 Å². The monoisotopic (exact) mass is 297 g/mol. The molecule has 5 nitrogen and oxygen atoms in total. The third-order valence-corrected chi connectivity index (χ3v) is 3.04. The fourth-order valence-corrected chi connectivity index (χ4v) is 1.98. The van der Waals surface area contributed by atoms with Crippen molar-refractivity contribution in [3.05, 3.63) is 53.6 Å². The molecule has 0 radical (unpaired) electrons. The fraction of sp³-hybridized carbons (Fsp3) is 0.176. The van der Waals surface area contributed by atoms with Crippen LogP contribution >= 0.6 is 0 Å². The maximum absolute atomic E-state index is 12.1. The summed E-state index contributed by atoms with van der Waals surface area (Å²) in [6.07, 6.45) is 0.0766. The van der Waals surface area contributed by atoms with Crippen LogP contribution in [0.2, 0.25) is 0 Å². The lowest BCUT2D eigenvalue weighted by Crippen LogP contribution is -2.12. The van der Waals surface area contributed by atoms with E-state index >= 15 is 0 Å². The van der Waals surface area contributed by atoms with E-state index in [9.17, 15) is 4.79 Å².